The summed E-state index contributed by atoms with van der Waals surface area (Å²) in [6, 6.07) is 14.8. The van der Waals surface area contributed by atoms with Crippen molar-refractivity contribution in [2.75, 3.05) is 32.0 Å². The van der Waals surface area contributed by atoms with Gasteiger partial charge in [0.15, 0.2) is 6.29 Å². The van der Waals surface area contributed by atoms with Gasteiger partial charge in [0.25, 0.3) is 0 Å². The van der Waals surface area contributed by atoms with E-state index in [1.165, 1.54) is 28.6 Å². The molecule has 5 atom stereocenters. The van der Waals surface area contributed by atoms with E-state index in [4.69, 9.17) is 30.4 Å². The Balaban J connectivity index is 1.54. The fourth-order valence-electron chi connectivity index (χ4n) is 4.77. The molecule has 2 saturated heterocycles. The van der Waals surface area contributed by atoms with Gasteiger partial charge in [0.05, 0.1) is 30.6 Å². The third-order valence-corrected chi connectivity index (χ3v) is 8.59. The number of sulfonamides is 1. The maximum Gasteiger partial charge on any atom is 0.509 e. The van der Waals surface area contributed by atoms with Gasteiger partial charge in [-0.15, -0.1) is 0 Å². The molecule has 2 fully saturated rings. The summed E-state index contributed by atoms with van der Waals surface area (Å²) in [4.78, 5) is 13.0. The van der Waals surface area contributed by atoms with Crippen LogP contribution in [0.2, 0.25) is 0 Å². The molecule has 2 heterocycles. The zero-order valence-electron chi connectivity index (χ0n) is 21.8. The van der Waals surface area contributed by atoms with Crippen molar-refractivity contribution in [1.29, 1.82) is 0 Å². The number of nitrogens with zero attached hydrogens (tertiary/aromatic N) is 1. The van der Waals surface area contributed by atoms with Gasteiger partial charge in [-0.05, 0) is 48.6 Å². The first kappa shape index (κ1) is 28.3. The Morgan fingerprint density at radius 1 is 1.08 bits per heavy atom. The number of ether oxygens (including phenoxy) is 4. The lowest BCUT2D eigenvalue weighted by Crippen LogP contribution is -2.49. The second kappa shape index (κ2) is 12.4. The van der Waals surface area contributed by atoms with E-state index in [1.807, 2.05) is 44.2 Å². The molecule has 11 heteroatoms. The first-order chi connectivity index (χ1) is 18.1. The monoisotopic (exact) mass is 547 g/mol. The predicted molar refractivity (Wildman–Crippen MR) is 142 cm³/mol. The number of fused-ring (bicyclic) bond motifs is 1. The van der Waals surface area contributed by atoms with E-state index >= 15 is 0 Å². The topological polar surface area (TPSA) is 143 Å². The van der Waals surface area contributed by atoms with E-state index in [0.717, 1.165) is 12.0 Å². The van der Waals surface area contributed by atoms with Crippen LogP contribution in [0.3, 0.4) is 0 Å². The Labute approximate surface area is 224 Å². The molecule has 0 radical (unpaired) electrons. The van der Waals surface area contributed by atoms with Crippen molar-refractivity contribution in [3.8, 4) is 0 Å². The Bertz CT molecular complexity index is 1160. The van der Waals surface area contributed by atoms with Crippen molar-refractivity contribution in [3.05, 3.63) is 60.2 Å². The number of benzene rings is 2. The first-order valence-corrected chi connectivity index (χ1v) is 14.3. The van der Waals surface area contributed by atoms with Crippen molar-refractivity contribution in [3.63, 3.8) is 0 Å². The third kappa shape index (κ3) is 7.03. The third-order valence-electron chi connectivity index (χ3n) is 6.74. The number of rotatable bonds is 11. The van der Waals surface area contributed by atoms with E-state index in [0.29, 0.717) is 18.7 Å². The maximum atomic E-state index is 13.6. The van der Waals surface area contributed by atoms with Gasteiger partial charge in [0.1, 0.15) is 12.2 Å². The van der Waals surface area contributed by atoms with Crippen LogP contribution in [0.5, 0.6) is 0 Å². The van der Waals surface area contributed by atoms with Crippen molar-refractivity contribution in [2.45, 2.75) is 56.1 Å². The highest BCUT2D eigenvalue weighted by atomic mass is 32.2. The van der Waals surface area contributed by atoms with E-state index < -0.39 is 34.4 Å². The second-order valence-corrected chi connectivity index (χ2v) is 12.2. The number of carbonyl (C=O) groups is 1. The largest absolute Gasteiger partial charge is 0.509 e. The minimum absolute atomic E-state index is 0.00597. The Morgan fingerprint density at radius 2 is 1.79 bits per heavy atom. The molecule has 0 saturated carbocycles. The van der Waals surface area contributed by atoms with Crippen LogP contribution in [0.4, 0.5) is 10.5 Å². The normalized spacial score (nSPS) is 22.8. The van der Waals surface area contributed by atoms with E-state index in [-0.39, 0.29) is 42.7 Å². The SMILES string of the molecule is CC(C)CN(C[C@@H](OC(=O)O[C@H]1CO[C@H]2OCC[C@H]21)[C@@H](N)Cc1ccccc1)S(=O)(=O)c1ccc(N)cc1. The Hall–Kier alpha value is -2.70. The van der Waals surface area contributed by atoms with Gasteiger partial charge in [-0.1, -0.05) is 44.2 Å². The molecule has 38 heavy (non-hydrogen) atoms. The molecule has 0 spiro atoms. The number of hydrogen-bond donors (Lipinski definition) is 2. The van der Waals surface area contributed by atoms with Gasteiger partial charge >= 0.3 is 6.16 Å². The van der Waals surface area contributed by atoms with Crippen LogP contribution < -0.4 is 11.5 Å². The molecule has 2 aliphatic heterocycles. The zero-order chi connectivity index (χ0) is 27.3. The number of anilines is 1. The molecule has 2 aromatic carbocycles. The summed E-state index contributed by atoms with van der Waals surface area (Å²) < 4.78 is 51.0. The minimum Gasteiger partial charge on any atom is -0.428 e. The quantitative estimate of drug-likeness (QED) is 0.321. The van der Waals surface area contributed by atoms with Crippen LogP contribution in [0, 0.1) is 11.8 Å². The summed E-state index contributed by atoms with van der Waals surface area (Å²) in [5.74, 6) is -0.0474. The summed E-state index contributed by atoms with van der Waals surface area (Å²) in [5.41, 5.74) is 13.7. The fraction of sp³-hybridized carbons (Fsp3) is 0.519. The highest BCUT2D eigenvalue weighted by Gasteiger charge is 2.44. The number of carbonyl (C=O) groups excluding carboxylic acids is 1. The molecule has 4 rings (SSSR count). The van der Waals surface area contributed by atoms with Crippen molar-refractivity contribution >= 4 is 21.9 Å². The lowest BCUT2D eigenvalue weighted by atomic mass is 10.0. The first-order valence-electron chi connectivity index (χ1n) is 12.9. The van der Waals surface area contributed by atoms with Crippen LogP contribution in [-0.2, 0) is 35.4 Å². The lowest BCUT2D eigenvalue weighted by molar-refractivity contribution is -0.0909. The Morgan fingerprint density at radius 3 is 2.47 bits per heavy atom. The molecule has 4 N–H and O–H groups in total. The van der Waals surface area contributed by atoms with Gasteiger partial charge in [0, 0.05) is 18.3 Å². The van der Waals surface area contributed by atoms with Gasteiger partial charge in [-0.3, -0.25) is 0 Å². The molecule has 0 bridgehead atoms. The molecule has 0 unspecified atom stereocenters. The highest BCUT2D eigenvalue weighted by Crippen LogP contribution is 2.33. The molecular formula is C27H37N3O7S. The standard InChI is InChI=1S/C27H37N3O7S/c1-18(2)15-30(38(32,33)21-10-8-20(28)9-11-21)16-24(23(29)14-19-6-4-3-5-7-19)36-27(31)37-25-17-35-26-22(25)12-13-34-26/h3-11,18,22-26H,12-17,28-29H2,1-2H3/t22-,23-,24+,25-,26+/m0/s1. The summed E-state index contributed by atoms with van der Waals surface area (Å²) in [6.45, 7) is 4.67. The fourth-order valence-corrected chi connectivity index (χ4v) is 6.38. The van der Waals surface area contributed by atoms with Crippen LogP contribution >= 0.6 is 0 Å². The minimum atomic E-state index is -3.93. The Kier molecular flexibility index (Phi) is 9.27. The average molecular weight is 548 g/mol. The lowest BCUT2D eigenvalue weighted by Gasteiger charge is -2.31. The molecule has 208 valence electrons. The highest BCUT2D eigenvalue weighted by molar-refractivity contribution is 7.89. The van der Waals surface area contributed by atoms with Crippen LogP contribution in [0.15, 0.2) is 59.5 Å². The summed E-state index contributed by atoms with van der Waals surface area (Å²) in [7, 11) is -3.93. The van der Waals surface area contributed by atoms with Gasteiger partial charge in [-0.25, -0.2) is 13.2 Å². The van der Waals surface area contributed by atoms with Gasteiger partial charge in [0.2, 0.25) is 10.0 Å². The molecule has 10 nitrogen and oxygen atoms in total. The molecule has 0 aromatic heterocycles. The van der Waals surface area contributed by atoms with Crippen LogP contribution in [0.1, 0.15) is 25.8 Å². The number of hydrogen-bond acceptors (Lipinski definition) is 9. The zero-order valence-corrected chi connectivity index (χ0v) is 22.6. The summed E-state index contributed by atoms with van der Waals surface area (Å²) in [6.07, 6.45) is -1.65. The summed E-state index contributed by atoms with van der Waals surface area (Å²) >= 11 is 0. The maximum absolute atomic E-state index is 13.6. The molecule has 2 aromatic rings. The second-order valence-electron chi connectivity index (χ2n) is 10.2. The van der Waals surface area contributed by atoms with E-state index in [9.17, 15) is 13.2 Å². The summed E-state index contributed by atoms with van der Waals surface area (Å²) in [5, 5.41) is 0. The average Bonchev–Trinajstić information content (AvgIpc) is 3.49. The predicted octanol–water partition coefficient (Wildman–Crippen LogP) is 2.77. The van der Waals surface area contributed by atoms with Crippen LogP contribution in [0.25, 0.3) is 0 Å². The molecular weight excluding hydrogens is 510 g/mol. The van der Waals surface area contributed by atoms with Gasteiger partial charge in [-0.2, -0.15) is 4.31 Å². The van der Waals surface area contributed by atoms with Crippen molar-refractivity contribution < 1.29 is 32.2 Å². The molecule has 0 aliphatic carbocycles. The molecule has 0 amide bonds. The van der Waals surface area contributed by atoms with E-state index in [1.54, 1.807) is 0 Å². The van der Waals surface area contributed by atoms with Gasteiger partial charge < -0.3 is 30.4 Å². The van der Waals surface area contributed by atoms with Crippen molar-refractivity contribution in [2.24, 2.45) is 17.6 Å². The number of nitrogen functional groups attached to an aromatic ring is 1. The molecule has 2 aliphatic rings. The van der Waals surface area contributed by atoms with Crippen LogP contribution in [-0.4, -0.2) is 69.7 Å². The van der Waals surface area contributed by atoms with E-state index in [2.05, 4.69) is 0 Å². The van der Waals surface area contributed by atoms with Crippen molar-refractivity contribution in [1.82, 2.24) is 4.31 Å². The smallest absolute Gasteiger partial charge is 0.428 e. The number of nitrogens with two attached hydrogens (primary N) is 2.